The molecule has 1 aliphatic carbocycles. The van der Waals surface area contributed by atoms with E-state index >= 15 is 0 Å². The molecule has 4 heteroatoms. The van der Waals surface area contributed by atoms with E-state index < -0.39 is 0 Å². The van der Waals surface area contributed by atoms with Gasteiger partial charge in [-0.3, -0.25) is 11.2 Å². The Morgan fingerprint density at radius 2 is 2.07 bits per heavy atom. The first-order valence-electron chi connectivity index (χ1n) is 6.08. The number of hydrogen-bond donors (Lipinski definition) is 4. The van der Waals surface area contributed by atoms with Crippen LogP contribution in [0, 0.1) is 0 Å². The molecule has 0 aromatic heterocycles. The van der Waals surface area contributed by atoms with E-state index in [0.29, 0.717) is 6.04 Å². The molecule has 2 unspecified atom stereocenters. The molecule has 2 rings (SSSR count). The molecule has 0 bridgehead atoms. The predicted molar refractivity (Wildman–Crippen MR) is 62.1 cm³/mol. The van der Waals surface area contributed by atoms with E-state index in [2.05, 4.69) is 29.9 Å². The van der Waals surface area contributed by atoms with Crippen molar-refractivity contribution in [3.05, 3.63) is 0 Å². The van der Waals surface area contributed by atoms with Crippen LogP contribution in [0.2, 0.25) is 0 Å². The molecule has 15 heavy (non-hydrogen) atoms. The second-order valence-corrected chi connectivity index (χ2v) is 5.65. The molecule has 0 radical (unpaired) electrons. The van der Waals surface area contributed by atoms with E-state index in [9.17, 15) is 0 Å². The van der Waals surface area contributed by atoms with Gasteiger partial charge in [-0.05, 0) is 26.7 Å². The highest BCUT2D eigenvalue weighted by atomic mass is 15.4. The zero-order valence-electron chi connectivity index (χ0n) is 9.90. The lowest BCUT2D eigenvalue weighted by Gasteiger charge is -2.50. The van der Waals surface area contributed by atoms with Crippen LogP contribution in [0.1, 0.15) is 46.0 Å². The number of fused-ring (bicyclic) bond motifs is 1. The van der Waals surface area contributed by atoms with Gasteiger partial charge in [0.2, 0.25) is 0 Å². The van der Waals surface area contributed by atoms with Crippen LogP contribution in [-0.4, -0.2) is 23.8 Å². The second kappa shape index (κ2) is 4.01. The average molecular weight is 212 g/mol. The van der Waals surface area contributed by atoms with Gasteiger partial charge in [0.05, 0.1) is 5.66 Å². The summed E-state index contributed by atoms with van der Waals surface area (Å²) < 4.78 is 0. The van der Waals surface area contributed by atoms with Crippen molar-refractivity contribution in [3.63, 3.8) is 0 Å². The van der Waals surface area contributed by atoms with Gasteiger partial charge in [-0.25, -0.2) is 5.43 Å². The fraction of sp³-hybridized carbons (Fsp3) is 1.00. The van der Waals surface area contributed by atoms with Gasteiger partial charge in [-0.2, -0.15) is 0 Å². The molecule has 0 aromatic rings. The van der Waals surface area contributed by atoms with Crippen LogP contribution >= 0.6 is 0 Å². The smallest absolute Gasteiger partial charge is 0.0969 e. The summed E-state index contributed by atoms with van der Waals surface area (Å²) in [5.74, 6) is 5.75. The summed E-state index contributed by atoms with van der Waals surface area (Å²) in [5.41, 5.74) is 3.12. The van der Waals surface area contributed by atoms with Gasteiger partial charge in [0.15, 0.2) is 0 Å². The Hall–Kier alpha value is -0.160. The molecule has 0 spiro atoms. The number of piperazine rings is 1. The molecule has 4 nitrogen and oxygen atoms in total. The maximum absolute atomic E-state index is 5.75. The van der Waals surface area contributed by atoms with Crippen molar-refractivity contribution >= 4 is 0 Å². The molecule has 0 amide bonds. The van der Waals surface area contributed by atoms with E-state index in [1.54, 1.807) is 0 Å². The topological polar surface area (TPSA) is 62.1 Å². The summed E-state index contributed by atoms with van der Waals surface area (Å²) >= 11 is 0. The van der Waals surface area contributed by atoms with Crippen LogP contribution in [-0.2, 0) is 0 Å². The summed E-state index contributed by atoms with van der Waals surface area (Å²) in [6, 6.07) is 0.453. The Balaban J connectivity index is 2.16. The third kappa shape index (κ3) is 2.18. The molecular formula is C11H24N4. The molecule has 1 saturated carbocycles. The molecule has 88 valence electrons. The Kier molecular flexibility index (Phi) is 3.03. The maximum Gasteiger partial charge on any atom is 0.0969 e. The number of nitrogens with two attached hydrogens (primary N) is 1. The number of rotatable bonds is 1. The molecule has 0 aromatic carbocycles. The third-order valence-electron chi connectivity index (χ3n) is 3.83. The van der Waals surface area contributed by atoms with E-state index in [0.717, 1.165) is 13.0 Å². The van der Waals surface area contributed by atoms with Crippen LogP contribution in [0.15, 0.2) is 0 Å². The Bertz CT molecular complexity index is 229. The molecule has 2 fully saturated rings. The summed E-state index contributed by atoms with van der Waals surface area (Å²) in [6.07, 6.45) is 6.22. The SMILES string of the molecule is CC1(C)CNC2(NN)CCCCCC2N1. The molecule has 1 aliphatic heterocycles. The minimum absolute atomic E-state index is 0.0774. The zero-order valence-corrected chi connectivity index (χ0v) is 9.90. The fourth-order valence-electron chi connectivity index (χ4n) is 2.88. The summed E-state index contributed by atoms with van der Waals surface area (Å²) in [7, 11) is 0. The summed E-state index contributed by atoms with van der Waals surface area (Å²) in [6.45, 7) is 5.45. The quantitative estimate of drug-likeness (QED) is 0.376. The minimum Gasteiger partial charge on any atom is -0.305 e. The van der Waals surface area contributed by atoms with Crippen molar-refractivity contribution in [2.75, 3.05) is 6.54 Å². The fourth-order valence-corrected chi connectivity index (χ4v) is 2.88. The van der Waals surface area contributed by atoms with Gasteiger partial charge in [0.25, 0.3) is 0 Å². The van der Waals surface area contributed by atoms with Crippen LogP contribution in [0.4, 0.5) is 0 Å². The normalized spacial score (nSPS) is 40.6. The van der Waals surface area contributed by atoms with Gasteiger partial charge < -0.3 is 5.32 Å². The minimum atomic E-state index is -0.0774. The number of hydrazine groups is 1. The van der Waals surface area contributed by atoms with E-state index in [1.807, 2.05) is 0 Å². The van der Waals surface area contributed by atoms with Crippen molar-refractivity contribution in [1.82, 2.24) is 16.1 Å². The van der Waals surface area contributed by atoms with Crippen LogP contribution in [0.3, 0.4) is 0 Å². The van der Waals surface area contributed by atoms with Crippen molar-refractivity contribution in [3.8, 4) is 0 Å². The highest BCUT2D eigenvalue weighted by Crippen LogP contribution is 2.29. The van der Waals surface area contributed by atoms with Crippen LogP contribution < -0.4 is 21.9 Å². The molecule has 1 saturated heterocycles. The second-order valence-electron chi connectivity index (χ2n) is 5.65. The monoisotopic (exact) mass is 212 g/mol. The van der Waals surface area contributed by atoms with E-state index in [-0.39, 0.29) is 11.2 Å². The lowest BCUT2D eigenvalue weighted by atomic mass is 9.87. The first kappa shape index (κ1) is 11.3. The lowest BCUT2D eigenvalue weighted by Crippen LogP contribution is -2.78. The van der Waals surface area contributed by atoms with E-state index in [1.165, 1.54) is 25.7 Å². The van der Waals surface area contributed by atoms with Gasteiger partial charge in [-0.15, -0.1) is 0 Å². The highest BCUT2D eigenvalue weighted by molar-refractivity contribution is 5.05. The Morgan fingerprint density at radius 1 is 1.27 bits per heavy atom. The molecule has 1 heterocycles. The van der Waals surface area contributed by atoms with Crippen LogP contribution in [0.25, 0.3) is 0 Å². The summed E-state index contributed by atoms with van der Waals surface area (Å²) in [4.78, 5) is 0. The third-order valence-corrected chi connectivity index (χ3v) is 3.83. The van der Waals surface area contributed by atoms with Crippen molar-refractivity contribution in [2.45, 2.75) is 63.2 Å². The van der Waals surface area contributed by atoms with Gasteiger partial charge in [0.1, 0.15) is 0 Å². The van der Waals surface area contributed by atoms with E-state index in [4.69, 9.17) is 5.84 Å². The lowest BCUT2D eigenvalue weighted by molar-refractivity contribution is 0.0876. The standard InChI is InChI=1S/C11H24N4/c1-10(2)8-13-11(15-12)7-5-3-4-6-9(11)14-10/h9,13-15H,3-8,12H2,1-2H3. The predicted octanol–water partition coefficient (Wildman–Crippen LogP) is 0.450. The summed E-state index contributed by atoms with van der Waals surface area (Å²) in [5, 5.41) is 7.34. The molecule has 5 N–H and O–H groups in total. The van der Waals surface area contributed by atoms with Gasteiger partial charge in [0, 0.05) is 18.1 Å². The average Bonchev–Trinajstić information content (AvgIpc) is 2.39. The number of hydrogen-bond acceptors (Lipinski definition) is 4. The first-order chi connectivity index (χ1) is 7.08. The van der Waals surface area contributed by atoms with Gasteiger partial charge in [-0.1, -0.05) is 19.3 Å². The van der Waals surface area contributed by atoms with Crippen molar-refractivity contribution in [2.24, 2.45) is 5.84 Å². The van der Waals surface area contributed by atoms with Crippen molar-refractivity contribution in [1.29, 1.82) is 0 Å². The van der Waals surface area contributed by atoms with Crippen molar-refractivity contribution < 1.29 is 0 Å². The largest absolute Gasteiger partial charge is 0.305 e. The molecular weight excluding hydrogens is 188 g/mol. The Labute approximate surface area is 92.3 Å². The molecule has 2 aliphatic rings. The maximum atomic E-state index is 5.75. The first-order valence-corrected chi connectivity index (χ1v) is 6.08. The Morgan fingerprint density at radius 3 is 2.80 bits per heavy atom. The zero-order chi connectivity index (χ0) is 10.9. The highest BCUT2D eigenvalue weighted by Gasteiger charge is 2.44. The van der Waals surface area contributed by atoms with Gasteiger partial charge >= 0.3 is 0 Å². The molecule has 2 atom stereocenters. The number of nitrogens with one attached hydrogen (secondary N) is 3. The van der Waals surface area contributed by atoms with Crippen LogP contribution in [0.5, 0.6) is 0 Å².